The number of carbonyl (C=O) groups is 1. The van der Waals surface area contributed by atoms with Crippen molar-refractivity contribution in [3.05, 3.63) is 23.7 Å². The molecule has 92 valence electrons. The molecule has 1 aliphatic rings. The summed E-state index contributed by atoms with van der Waals surface area (Å²) in [4.78, 5) is 11.8. The van der Waals surface area contributed by atoms with Crippen LogP contribution < -0.4 is 5.43 Å². The smallest absolute Gasteiger partial charge is 0.274 e. The first-order chi connectivity index (χ1) is 8.16. The molecule has 1 aromatic rings. The number of hydrazone groups is 1. The maximum Gasteiger partial charge on any atom is 0.274 e. The summed E-state index contributed by atoms with van der Waals surface area (Å²) < 4.78 is 5.09. The monoisotopic (exact) mass is 234 g/mol. The normalized spacial score (nSPS) is 22.7. The lowest BCUT2D eigenvalue weighted by molar-refractivity contribution is 0.0953. The molecule has 1 aliphatic carbocycles. The van der Waals surface area contributed by atoms with Crippen molar-refractivity contribution in [2.24, 2.45) is 11.0 Å². The lowest BCUT2D eigenvalue weighted by Crippen LogP contribution is -2.22. The quantitative estimate of drug-likeness (QED) is 0.800. The average Bonchev–Trinajstić information content (AvgIpc) is 2.72. The number of furan rings is 1. The minimum absolute atomic E-state index is 0.193. The van der Waals surface area contributed by atoms with Gasteiger partial charge in [0.15, 0.2) is 0 Å². The average molecular weight is 234 g/mol. The SMILES string of the molecule is Cc1occc1C(=O)N/N=C1\CCC[C@@H](C)C1. The molecule has 0 aromatic carbocycles. The van der Waals surface area contributed by atoms with E-state index in [2.05, 4.69) is 17.5 Å². The van der Waals surface area contributed by atoms with Gasteiger partial charge in [-0.15, -0.1) is 0 Å². The van der Waals surface area contributed by atoms with Crippen LogP contribution in [0.1, 0.15) is 48.7 Å². The van der Waals surface area contributed by atoms with Crippen LogP contribution in [0.5, 0.6) is 0 Å². The molecular weight excluding hydrogens is 216 g/mol. The van der Waals surface area contributed by atoms with Crippen molar-refractivity contribution in [2.75, 3.05) is 0 Å². The maximum atomic E-state index is 11.8. The lowest BCUT2D eigenvalue weighted by atomic mass is 9.89. The van der Waals surface area contributed by atoms with E-state index >= 15 is 0 Å². The summed E-state index contributed by atoms with van der Waals surface area (Å²) >= 11 is 0. The first kappa shape index (κ1) is 11.9. The van der Waals surface area contributed by atoms with Gasteiger partial charge < -0.3 is 4.42 Å². The second kappa shape index (κ2) is 5.17. The third-order valence-electron chi connectivity index (χ3n) is 3.17. The number of rotatable bonds is 2. The van der Waals surface area contributed by atoms with Crippen LogP contribution in [-0.2, 0) is 0 Å². The fraction of sp³-hybridized carbons (Fsp3) is 0.538. The van der Waals surface area contributed by atoms with Gasteiger partial charge in [-0.25, -0.2) is 5.43 Å². The van der Waals surface area contributed by atoms with Gasteiger partial charge in [-0.2, -0.15) is 5.10 Å². The zero-order chi connectivity index (χ0) is 12.3. The van der Waals surface area contributed by atoms with Gasteiger partial charge in [-0.3, -0.25) is 4.79 Å². The second-order valence-electron chi connectivity index (χ2n) is 4.71. The van der Waals surface area contributed by atoms with Crippen LogP contribution in [-0.4, -0.2) is 11.6 Å². The predicted octanol–water partition coefficient (Wildman–Crippen LogP) is 2.88. The van der Waals surface area contributed by atoms with Crippen LogP contribution >= 0.6 is 0 Å². The van der Waals surface area contributed by atoms with Crippen LogP contribution in [0, 0.1) is 12.8 Å². The Morgan fingerprint density at radius 1 is 1.59 bits per heavy atom. The van der Waals surface area contributed by atoms with Crippen molar-refractivity contribution >= 4 is 11.6 Å². The molecular formula is C13H18N2O2. The molecule has 1 amide bonds. The molecule has 0 bridgehead atoms. The number of aryl methyl sites for hydroxylation is 1. The Hall–Kier alpha value is -1.58. The molecule has 1 saturated carbocycles. The standard InChI is InChI=1S/C13H18N2O2/c1-9-4-3-5-11(8-9)14-15-13(16)12-6-7-17-10(12)2/h6-7,9H,3-5,8H2,1-2H3,(H,15,16)/b14-11+/t9-/m1/s1. The Bertz CT molecular complexity index is 434. The number of nitrogens with one attached hydrogen (secondary N) is 1. The Balaban J connectivity index is 1.96. The minimum Gasteiger partial charge on any atom is -0.469 e. The highest BCUT2D eigenvalue weighted by atomic mass is 16.3. The van der Waals surface area contributed by atoms with E-state index in [1.807, 2.05) is 0 Å². The highest BCUT2D eigenvalue weighted by Crippen LogP contribution is 2.21. The maximum absolute atomic E-state index is 11.8. The van der Waals surface area contributed by atoms with Crippen LogP contribution in [0.25, 0.3) is 0 Å². The molecule has 17 heavy (non-hydrogen) atoms. The number of amides is 1. The number of hydrogen-bond donors (Lipinski definition) is 1. The lowest BCUT2D eigenvalue weighted by Gasteiger charge is -2.18. The Kier molecular flexibility index (Phi) is 3.61. The number of carbonyl (C=O) groups excluding carboxylic acids is 1. The Labute approximate surface area is 101 Å². The number of hydrogen-bond acceptors (Lipinski definition) is 3. The highest BCUT2D eigenvalue weighted by Gasteiger charge is 2.15. The molecule has 1 heterocycles. The van der Waals surface area contributed by atoms with E-state index in [0.29, 0.717) is 17.2 Å². The van der Waals surface area contributed by atoms with Crippen molar-refractivity contribution in [1.29, 1.82) is 0 Å². The Morgan fingerprint density at radius 2 is 2.41 bits per heavy atom. The summed E-state index contributed by atoms with van der Waals surface area (Å²) in [6, 6.07) is 1.66. The topological polar surface area (TPSA) is 54.6 Å². The van der Waals surface area contributed by atoms with Crippen LogP contribution in [0.15, 0.2) is 21.8 Å². The van der Waals surface area contributed by atoms with E-state index in [9.17, 15) is 4.79 Å². The summed E-state index contributed by atoms with van der Waals surface area (Å²) in [7, 11) is 0. The Morgan fingerprint density at radius 3 is 3.06 bits per heavy atom. The fourth-order valence-electron chi connectivity index (χ4n) is 2.17. The van der Waals surface area contributed by atoms with Gasteiger partial charge >= 0.3 is 0 Å². The first-order valence-electron chi connectivity index (χ1n) is 6.06. The molecule has 4 nitrogen and oxygen atoms in total. The molecule has 0 saturated heterocycles. The van der Waals surface area contributed by atoms with Crippen molar-refractivity contribution in [3.8, 4) is 0 Å². The van der Waals surface area contributed by atoms with Crippen molar-refractivity contribution < 1.29 is 9.21 Å². The molecule has 2 rings (SSSR count). The van der Waals surface area contributed by atoms with Gasteiger partial charge in [0.25, 0.3) is 5.91 Å². The first-order valence-corrected chi connectivity index (χ1v) is 6.06. The summed E-state index contributed by atoms with van der Waals surface area (Å²) in [6.07, 6.45) is 5.92. The second-order valence-corrected chi connectivity index (χ2v) is 4.71. The van der Waals surface area contributed by atoms with E-state index < -0.39 is 0 Å². The molecule has 0 aliphatic heterocycles. The molecule has 1 N–H and O–H groups in total. The molecule has 1 atom stereocenters. The van der Waals surface area contributed by atoms with Crippen LogP contribution in [0.2, 0.25) is 0 Å². The summed E-state index contributed by atoms with van der Waals surface area (Å²) in [5.74, 6) is 1.11. The summed E-state index contributed by atoms with van der Waals surface area (Å²) in [5.41, 5.74) is 4.25. The van der Waals surface area contributed by atoms with E-state index in [0.717, 1.165) is 18.6 Å². The van der Waals surface area contributed by atoms with Gasteiger partial charge in [0.05, 0.1) is 11.8 Å². The minimum atomic E-state index is -0.193. The molecule has 0 radical (unpaired) electrons. The number of nitrogens with zero attached hydrogens (tertiary/aromatic N) is 1. The highest BCUT2D eigenvalue weighted by molar-refractivity contribution is 5.96. The van der Waals surface area contributed by atoms with Gasteiger partial charge in [0.2, 0.25) is 0 Å². The molecule has 1 aromatic heterocycles. The van der Waals surface area contributed by atoms with Gasteiger partial charge in [0, 0.05) is 5.71 Å². The van der Waals surface area contributed by atoms with E-state index in [4.69, 9.17) is 4.42 Å². The zero-order valence-electron chi connectivity index (χ0n) is 10.3. The van der Waals surface area contributed by atoms with Crippen molar-refractivity contribution in [1.82, 2.24) is 5.43 Å². The van der Waals surface area contributed by atoms with Gasteiger partial charge in [0.1, 0.15) is 5.76 Å². The third-order valence-corrected chi connectivity index (χ3v) is 3.17. The molecule has 1 fully saturated rings. The molecule has 4 heteroatoms. The largest absolute Gasteiger partial charge is 0.469 e. The van der Waals surface area contributed by atoms with Crippen molar-refractivity contribution in [2.45, 2.75) is 39.5 Å². The zero-order valence-corrected chi connectivity index (χ0v) is 10.3. The summed E-state index contributed by atoms with van der Waals surface area (Å²) in [6.45, 7) is 3.99. The van der Waals surface area contributed by atoms with E-state index in [1.54, 1.807) is 13.0 Å². The van der Waals surface area contributed by atoms with E-state index in [-0.39, 0.29) is 5.91 Å². The van der Waals surface area contributed by atoms with Gasteiger partial charge in [-0.05, 0) is 44.6 Å². The predicted molar refractivity (Wildman–Crippen MR) is 66.0 cm³/mol. The van der Waals surface area contributed by atoms with Crippen LogP contribution in [0.3, 0.4) is 0 Å². The summed E-state index contributed by atoms with van der Waals surface area (Å²) in [5, 5.41) is 4.21. The third kappa shape index (κ3) is 2.96. The molecule has 0 spiro atoms. The fourth-order valence-corrected chi connectivity index (χ4v) is 2.17. The van der Waals surface area contributed by atoms with Crippen LogP contribution in [0.4, 0.5) is 0 Å². The van der Waals surface area contributed by atoms with Gasteiger partial charge in [-0.1, -0.05) is 6.92 Å². The van der Waals surface area contributed by atoms with E-state index in [1.165, 1.54) is 19.1 Å². The van der Waals surface area contributed by atoms with Crippen molar-refractivity contribution in [3.63, 3.8) is 0 Å². The molecule has 0 unspecified atom stereocenters.